The Kier molecular flexibility index (Phi) is 4.88. The van der Waals surface area contributed by atoms with E-state index in [-0.39, 0.29) is 10.8 Å². The highest BCUT2D eigenvalue weighted by Crippen LogP contribution is 2.45. The van der Waals surface area contributed by atoms with Gasteiger partial charge in [-0.25, -0.2) is 8.42 Å². The Balaban J connectivity index is 2.10. The summed E-state index contributed by atoms with van der Waals surface area (Å²) < 4.78 is 23.5. The van der Waals surface area contributed by atoms with Crippen LogP contribution in [0.1, 0.15) is 5.56 Å². The van der Waals surface area contributed by atoms with E-state index in [1.165, 1.54) is 30.0 Å². The first-order chi connectivity index (χ1) is 12.4. The van der Waals surface area contributed by atoms with Gasteiger partial charge in [0.2, 0.25) is 5.91 Å². The van der Waals surface area contributed by atoms with Crippen molar-refractivity contribution in [3.63, 3.8) is 0 Å². The number of hydrogen-bond acceptors (Lipinski definition) is 6. The van der Waals surface area contributed by atoms with Crippen molar-refractivity contribution in [1.82, 2.24) is 10.3 Å². The molecule has 3 rings (SSSR count). The number of carbonyl (C=O) groups is 1. The summed E-state index contributed by atoms with van der Waals surface area (Å²) in [6.07, 6.45) is 7.56. The van der Waals surface area contributed by atoms with Gasteiger partial charge >= 0.3 is 0 Å². The van der Waals surface area contributed by atoms with Crippen LogP contribution in [0.25, 0.3) is 0 Å². The van der Waals surface area contributed by atoms with Crippen LogP contribution in [-0.2, 0) is 19.6 Å². The SMILES string of the molecule is C=CC(=O)NC1(c2ccc(S(C)(=O)=O)cc2)SC=CN1c1cccnc1. The number of amides is 1. The van der Waals surface area contributed by atoms with E-state index in [0.717, 1.165) is 17.5 Å². The number of thioether (sulfide) groups is 1. The lowest BCUT2D eigenvalue weighted by atomic mass is 10.1. The Hall–Kier alpha value is -2.58. The summed E-state index contributed by atoms with van der Waals surface area (Å²) in [5.41, 5.74) is 1.50. The smallest absolute Gasteiger partial charge is 0.246 e. The fourth-order valence-corrected chi connectivity index (χ4v) is 4.35. The molecule has 1 N–H and O–H groups in total. The molecular formula is C18H17N3O3S2. The van der Waals surface area contributed by atoms with E-state index in [1.54, 1.807) is 30.6 Å². The first-order valence-electron chi connectivity index (χ1n) is 7.66. The highest BCUT2D eigenvalue weighted by atomic mass is 32.2. The molecule has 1 amide bonds. The summed E-state index contributed by atoms with van der Waals surface area (Å²) in [6, 6.07) is 10.1. The van der Waals surface area contributed by atoms with Crippen molar-refractivity contribution in [2.75, 3.05) is 11.2 Å². The minimum absolute atomic E-state index is 0.218. The Labute approximate surface area is 156 Å². The van der Waals surface area contributed by atoms with Crippen LogP contribution in [-0.4, -0.2) is 25.6 Å². The number of nitrogens with zero attached hydrogens (tertiary/aromatic N) is 2. The molecule has 134 valence electrons. The molecule has 0 spiro atoms. The van der Waals surface area contributed by atoms with Gasteiger partial charge in [0.1, 0.15) is 0 Å². The van der Waals surface area contributed by atoms with E-state index in [4.69, 9.17) is 0 Å². The molecule has 2 heterocycles. The minimum atomic E-state index is -3.31. The van der Waals surface area contributed by atoms with E-state index in [0.29, 0.717) is 0 Å². The van der Waals surface area contributed by atoms with Gasteiger partial charge in [-0.15, -0.1) is 0 Å². The number of rotatable bonds is 5. The summed E-state index contributed by atoms with van der Waals surface area (Å²) in [4.78, 5) is 17.4. The summed E-state index contributed by atoms with van der Waals surface area (Å²) in [5.74, 6) is -0.345. The van der Waals surface area contributed by atoms with Crippen LogP contribution in [0.2, 0.25) is 0 Å². The first kappa shape index (κ1) is 18.2. The zero-order valence-corrected chi connectivity index (χ0v) is 15.6. The van der Waals surface area contributed by atoms with Crippen molar-refractivity contribution < 1.29 is 13.2 Å². The van der Waals surface area contributed by atoms with E-state index in [1.807, 2.05) is 22.6 Å². The van der Waals surface area contributed by atoms with Crippen molar-refractivity contribution in [2.45, 2.75) is 9.89 Å². The molecule has 1 atom stereocenters. The van der Waals surface area contributed by atoms with Crippen molar-refractivity contribution in [2.24, 2.45) is 0 Å². The number of anilines is 1. The number of sulfone groups is 1. The maximum atomic E-state index is 12.1. The maximum absolute atomic E-state index is 12.1. The fourth-order valence-electron chi connectivity index (χ4n) is 2.63. The van der Waals surface area contributed by atoms with E-state index in [2.05, 4.69) is 16.9 Å². The van der Waals surface area contributed by atoms with E-state index in [9.17, 15) is 13.2 Å². The highest BCUT2D eigenvalue weighted by Gasteiger charge is 2.42. The molecule has 6 nitrogen and oxygen atoms in total. The molecule has 1 aliphatic heterocycles. The van der Waals surface area contributed by atoms with Crippen LogP contribution >= 0.6 is 11.8 Å². The standard InChI is InChI=1S/C18H17N3O3S2/c1-3-17(22)20-18(14-6-8-16(9-7-14)26(2,23)24)21(11-12-25-18)15-5-4-10-19-13-15/h3-13H,1H2,2H3,(H,20,22). The zero-order valence-electron chi connectivity index (χ0n) is 14.0. The van der Waals surface area contributed by atoms with E-state index >= 15 is 0 Å². The quantitative estimate of drug-likeness (QED) is 0.795. The second-order valence-corrected chi connectivity index (χ2v) is 8.73. The molecule has 0 radical (unpaired) electrons. The topological polar surface area (TPSA) is 79.4 Å². The first-order valence-corrected chi connectivity index (χ1v) is 10.4. The molecule has 0 saturated carbocycles. The molecule has 8 heteroatoms. The van der Waals surface area contributed by atoms with Gasteiger partial charge < -0.3 is 10.2 Å². The number of nitrogens with one attached hydrogen (secondary N) is 1. The zero-order chi connectivity index (χ0) is 18.8. The molecule has 1 aliphatic rings. The van der Waals surface area contributed by atoms with Crippen molar-refractivity contribution in [1.29, 1.82) is 0 Å². The third-order valence-electron chi connectivity index (χ3n) is 3.86. The molecule has 1 unspecified atom stereocenters. The number of carbonyl (C=O) groups excluding carboxylic acids is 1. The second kappa shape index (κ2) is 6.97. The van der Waals surface area contributed by atoms with Gasteiger partial charge in [-0.05, 0) is 35.7 Å². The lowest BCUT2D eigenvalue weighted by Gasteiger charge is -2.39. The summed E-state index contributed by atoms with van der Waals surface area (Å²) in [6.45, 7) is 3.52. The molecule has 0 aliphatic carbocycles. The summed E-state index contributed by atoms with van der Waals surface area (Å²) >= 11 is 1.39. The van der Waals surface area contributed by atoms with Crippen molar-refractivity contribution in [3.05, 3.63) is 78.6 Å². The molecule has 2 aromatic rings. The predicted molar refractivity (Wildman–Crippen MR) is 103 cm³/mol. The number of pyridine rings is 1. The van der Waals surface area contributed by atoms with Gasteiger partial charge in [-0.2, -0.15) is 0 Å². The number of aromatic nitrogens is 1. The monoisotopic (exact) mass is 387 g/mol. The van der Waals surface area contributed by atoms with E-state index < -0.39 is 14.8 Å². The molecule has 0 fully saturated rings. The summed E-state index contributed by atoms with van der Waals surface area (Å²) in [5, 5.41) is 4.82. The van der Waals surface area contributed by atoms with Gasteiger partial charge in [0, 0.05) is 24.2 Å². The summed E-state index contributed by atoms with van der Waals surface area (Å²) in [7, 11) is -3.31. The van der Waals surface area contributed by atoms with Crippen LogP contribution in [0.15, 0.2) is 78.0 Å². The minimum Gasteiger partial charge on any atom is -0.317 e. The predicted octanol–water partition coefficient (Wildman–Crippen LogP) is 2.62. The largest absolute Gasteiger partial charge is 0.317 e. The number of benzene rings is 1. The molecule has 1 aromatic carbocycles. The normalized spacial score (nSPS) is 19.3. The van der Waals surface area contributed by atoms with Gasteiger partial charge in [-0.1, -0.05) is 30.5 Å². The van der Waals surface area contributed by atoms with Crippen LogP contribution in [0.3, 0.4) is 0 Å². The lowest BCUT2D eigenvalue weighted by Crippen LogP contribution is -2.52. The average molecular weight is 387 g/mol. The van der Waals surface area contributed by atoms with Crippen LogP contribution in [0.4, 0.5) is 5.69 Å². The third kappa shape index (κ3) is 3.38. The lowest BCUT2D eigenvalue weighted by molar-refractivity contribution is -0.117. The maximum Gasteiger partial charge on any atom is 0.246 e. The van der Waals surface area contributed by atoms with Gasteiger partial charge in [0.05, 0.1) is 16.8 Å². The molecule has 26 heavy (non-hydrogen) atoms. The Bertz CT molecular complexity index is 957. The molecular weight excluding hydrogens is 370 g/mol. The van der Waals surface area contributed by atoms with Gasteiger partial charge in [-0.3, -0.25) is 9.78 Å². The van der Waals surface area contributed by atoms with Crippen LogP contribution in [0.5, 0.6) is 0 Å². The van der Waals surface area contributed by atoms with Crippen molar-refractivity contribution in [3.8, 4) is 0 Å². The second-order valence-electron chi connectivity index (χ2n) is 5.62. The average Bonchev–Trinajstić information content (AvgIpc) is 3.06. The van der Waals surface area contributed by atoms with Crippen LogP contribution in [0, 0.1) is 0 Å². The fraction of sp³-hybridized carbons (Fsp3) is 0.111. The Morgan fingerprint density at radius 3 is 2.62 bits per heavy atom. The van der Waals surface area contributed by atoms with Crippen molar-refractivity contribution >= 4 is 33.2 Å². The molecule has 0 saturated heterocycles. The molecule has 0 bridgehead atoms. The van der Waals surface area contributed by atoms with Crippen LogP contribution < -0.4 is 10.2 Å². The third-order valence-corrected chi connectivity index (χ3v) is 6.13. The van der Waals surface area contributed by atoms with Gasteiger partial charge in [0.15, 0.2) is 14.8 Å². The number of hydrogen-bond donors (Lipinski definition) is 1. The van der Waals surface area contributed by atoms with Gasteiger partial charge in [0.25, 0.3) is 0 Å². The molecule has 1 aromatic heterocycles. The highest BCUT2D eigenvalue weighted by molar-refractivity contribution is 8.03. The Morgan fingerprint density at radius 2 is 2.04 bits per heavy atom. The Morgan fingerprint density at radius 1 is 1.31 bits per heavy atom.